The van der Waals surface area contributed by atoms with Crippen LogP contribution in [0.15, 0.2) is 42.9 Å². The Balaban J connectivity index is 1.47. The second-order valence-electron chi connectivity index (χ2n) is 10.2. The van der Waals surface area contributed by atoms with E-state index >= 15 is 0 Å². The van der Waals surface area contributed by atoms with Crippen LogP contribution in [-0.4, -0.2) is 68.2 Å². The van der Waals surface area contributed by atoms with Gasteiger partial charge in [-0.2, -0.15) is 0 Å². The zero-order valence-corrected chi connectivity index (χ0v) is 21.4. The van der Waals surface area contributed by atoms with Crippen molar-refractivity contribution in [3.05, 3.63) is 59.7 Å². The highest BCUT2D eigenvalue weighted by Gasteiger charge is 2.29. The summed E-state index contributed by atoms with van der Waals surface area (Å²) < 4.78 is 1.68. The zero-order valence-electron chi connectivity index (χ0n) is 21.4. The fourth-order valence-corrected chi connectivity index (χ4v) is 4.34. The first-order valence-corrected chi connectivity index (χ1v) is 12.0. The molecular weight excluding hydrogens is 458 g/mol. The van der Waals surface area contributed by atoms with Crippen molar-refractivity contribution in [2.45, 2.75) is 52.2 Å². The average molecular weight is 492 g/mol. The SMILES string of the molecule is Cc1cc(-c2ccncc2N2CCC(N(C)C(=O)O)C2)ccc1CNC(=O)c1cn(C(C)(C)C)nn1. The number of nitrogens with zero attached hydrogens (tertiary/aromatic N) is 6. The highest BCUT2D eigenvalue weighted by atomic mass is 16.4. The standard InChI is InChI=1S/C26H33N7O3/c1-17-12-18(6-7-19(17)13-28-24(34)22-16-33(30-29-22)26(2,3)4)21-8-10-27-14-23(21)32-11-9-20(15-32)31(5)25(35)36/h6-8,10,12,14,16,20H,9,11,13,15H2,1-5H3,(H,28,34)(H,35,36). The quantitative estimate of drug-likeness (QED) is 0.542. The Morgan fingerprint density at radius 1 is 1.25 bits per heavy atom. The number of rotatable bonds is 6. The van der Waals surface area contributed by atoms with Crippen LogP contribution in [0.4, 0.5) is 10.5 Å². The van der Waals surface area contributed by atoms with Crippen LogP contribution < -0.4 is 10.2 Å². The molecule has 1 fully saturated rings. The number of benzene rings is 1. The summed E-state index contributed by atoms with van der Waals surface area (Å²) in [5.74, 6) is -0.264. The third-order valence-corrected chi connectivity index (χ3v) is 6.66. The Morgan fingerprint density at radius 3 is 2.69 bits per heavy atom. The normalized spacial score (nSPS) is 15.7. The maximum atomic E-state index is 12.6. The van der Waals surface area contributed by atoms with Crippen molar-refractivity contribution in [1.29, 1.82) is 0 Å². The molecule has 2 N–H and O–H groups in total. The van der Waals surface area contributed by atoms with Crippen molar-refractivity contribution in [2.75, 3.05) is 25.0 Å². The molecular formula is C26H33N7O3. The van der Waals surface area contributed by atoms with E-state index in [1.165, 1.54) is 4.90 Å². The van der Waals surface area contributed by atoms with Crippen molar-refractivity contribution in [2.24, 2.45) is 0 Å². The lowest BCUT2D eigenvalue weighted by Gasteiger charge is -2.24. The van der Waals surface area contributed by atoms with Gasteiger partial charge in [0.1, 0.15) is 0 Å². The number of pyridine rings is 1. The van der Waals surface area contributed by atoms with E-state index in [9.17, 15) is 14.7 Å². The number of nitrogens with one attached hydrogen (secondary N) is 1. The minimum Gasteiger partial charge on any atom is -0.465 e. The fourth-order valence-electron chi connectivity index (χ4n) is 4.34. The lowest BCUT2D eigenvalue weighted by molar-refractivity contribution is 0.0945. The predicted octanol–water partition coefficient (Wildman–Crippen LogP) is 3.52. The first kappa shape index (κ1) is 25.2. The van der Waals surface area contributed by atoms with E-state index in [0.29, 0.717) is 13.1 Å². The molecule has 1 unspecified atom stereocenters. The summed E-state index contributed by atoms with van der Waals surface area (Å²) in [6.07, 6.45) is 5.13. The molecule has 2 amide bonds. The maximum absolute atomic E-state index is 12.6. The zero-order chi connectivity index (χ0) is 26.0. The molecule has 10 heteroatoms. The predicted molar refractivity (Wildman–Crippen MR) is 137 cm³/mol. The van der Waals surface area contributed by atoms with Crippen molar-refractivity contribution in [3.8, 4) is 11.1 Å². The third kappa shape index (κ3) is 5.32. The van der Waals surface area contributed by atoms with E-state index in [0.717, 1.165) is 40.9 Å². The lowest BCUT2D eigenvalue weighted by atomic mass is 9.99. The molecule has 0 spiro atoms. The van der Waals surface area contributed by atoms with Gasteiger partial charge in [0, 0.05) is 38.4 Å². The number of carbonyl (C=O) groups excluding carboxylic acids is 1. The van der Waals surface area contributed by atoms with Crippen molar-refractivity contribution >= 4 is 17.7 Å². The maximum Gasteiger partial charge on any atom is 0.407 e. The Hall–Kier alpha value is -3.95. The largest absolute Gasteiger partial charge is 0.465 e. The summed E-state index contributed by atoms with van der Waals surface area (Å²) in [5.41, 5.74) is 5.18. The number of anilines is 1. The molecule has 190 valence electrons. The molecule has 0 saturated carbocycles. The van der Waals surface area contributed by atoms with Crippen LogP contribution in [0.5, 0.6) is 0 Å². The first-order valence-electron chi connectivity index (χ1n) is 12.0. The van der Waals surface area contributed by atoms with E-state index < -0.39 is 6.09 Å². The number of carbonyl (C=O) groups is 2. The average Bonchev–Trinajstić information content (AvgIpc) is 3.53. The molecule has 1 aromatic carbocycles. The summed E-state index contributed by atoms with van der Waals surface area (Å²) in [4.78, 5) is 31.9. The first-order chi connectivity index (χ1) is 17.0. The number of amides is 2. The van der Waals surface area contributed by atoms with Gasteiger partial charge >= 0.3 is 6.09 Å². The third-order valence-electron chi connectivity index (χ3n) is 6.66. The molecule has 0 radical (unpaired) electrons. The van der Waals surface area contributed by atoms with Crippen molar-refractivity contribution in [1.82, 2.24) is 30.2 Å². The lowest BCUT2D eigenvalue weighted by Crippen LogP contribution is -2.38. The molecule has 1 aliphatic heterocycles. The molecule has 0 aliphatic carbocycles. The molecule has 3 heterocycles. The van der Waals surface area contributed by atoms with Crippen LogP contribution >= 0.6 is 0 Å². The van der Waals surface area contributed by atoms with Gasteiger partial charge in [0.05, 0.1) is 29.7 Å². The Labute approximate surface area is 210 Å². The van der Waals surface area contributed by atoms with Crippen LogP contribution in [0.1, 0.15) is 48.8 Å². The number of hydrogen-bond donors (Lipinski definition) is 2. The van der Waals surface area contributed by atoms with Gasteiger partial charge in [0.2, 0.25) is 0 Å². The summed E-state index contributed by atoms with van der Waals surface area (Å²) in [5, 5.41) is 20.3. The smallest absolute Gasteiger partial charge is 0.407 e. The molecule has 2 aromatic heterocycles. The molecule has 36 heavy (non-hydrogen) atoms. The van der Waals surface area contributed by atoms with Crippen molar-refractivity contribution < 1.29 is 14.7 Å². The Kier molecular flexibility index (Phi) is 6.96. The topological polar surface area (TPSA) is 116 Å². The van der Waals surface area contributed by atoms with Crippen molar-refractivity contribution in [3.63, 3.8) is 0 Å². The van der Waals surface area contributed by atoms with Gasteiger partial charge < -0.3 is 20.2 Å². The van der Waals surface area contributed by atoms with Crippen LogP contribution in [0, 0.1) is 6.92 Å². The van der Waals surface area contributed by atoms with Gasteiger partial charge in [-0.15, -0.1) is 5.10 Å². The second kappa shape index (κ2) is 9.96. The molecule has 3 aromatic rings. The second-order valence-corrected chi connectivity index (χ2v) is 10.2. The van der Waals surface area contributed by atoms with E-state index in [1.54, 1.807) is 24.1 Å². The minimum atomic E-state index is -0.912. The summed E-state index contributed by atoms with van der Waals surface area (Å²) in [7, 11) is 1.62. The Bertz CT molecular complexity index is 1260. The van der Waals surface area contributed by atoms with E-state index in [1.807, 2.05) is 52.1 Å². The monoisotopic (exact) mass is 491 g/mol. The highest BCUT2D eigenvalue weighted by Crippen LogP contribution is 2.33. The number of hydrogen-bond acceptors (Lipinski definition) is 6. The van der Waals surface area contributed by atoms with Gasteiger partial charge in [0.15, 0.2) is 5.69 Å². The van der Waals surface area contributed by atoms with Gasteiger partial charge in [-0.25, -0.2) is 9.48 Å². The van der Waals surface area contributed by atoms with E-state index in [-0.39, 0.29) is 23.2 Å². The molecule has 0 bridgehead atoms. The molecule has 1 atom stereocenters. The summed E-state index contributed by atoms with van der Waals surface area (Å²) in [6.45, 7) is 9.80. The number of carboxylic acid groups (broad SMARTS) is 1. The fraction of sp³-hybridized carbons (Fsp3) is 0.423. The van der Waals surface area contributed by atoms with Gasteiger partial charge in [-0.3, -0.25) is 9.78 Å². The van der Waals surface area contributed by atoms with Crippen LogP contribution in [-0.2, 0) is 12.1 Å². The van der Waals surface area contributed by atoms with Crippen LogP contribution in [0.25, 0.3) is 11.1 Å². The number of likely N-dealkylation sites (N-methyl/N-ethyl adjacent to an activating group) is 1. The summed E-state index contributed by atoms with van der Waals surface area (Å²) >= 11 is 0. The Morgan fingerprint density at radius 2 is 2.03 bits per heavy atom. The van der Waals surface area contributed by atoms with Crippen LogP contribution in [0.3, 0.4) is 0 Å². The highest BCUT2D eigenvalue weighted by molar-refractivity contribution is 5.91. The molecule has 1 aliphatic rings. The number of aromatic nitrogens is 4. The van der Waals surface area contributed by atoms with Gasteiger partial charge in [0.25, 0.3) is 5.91 Å². The van der Waals surface area contributed by atoms with E-state index in [4.69, 9.17) is 0 Å². The van der Waals surface area contributed by atoms with Crippen LogP contribution in [0.2, 0.25) is 0 Å². The summed E-state index contributed by atoms with van der Waals surface area (Å²) in [6, 6.07) is 8.10. The molecule has 1 saturated heterocycles. The van der Waals surface area contributed by atoms with Gasteiger partial charge in [-0.05, 0) is 56.9 Å². The minimum absolute atomic E-state index is 0.0479. The number of aryl methyl sites for hydroxylation is 1. The van der Waals surface area contributed by atoms with E-state index in [2.05, 4.69) is 31.6 Å². The molecule has 10 nitrogen and oxygen atoms in total. The van der Waals surface area contributed by atoms with Gasteiger partial charge in [-0.1, -0.05) is 23.4 Å². The molecule has 4 rings (SSSR count).